The van der Waals surface area contributed by atoms with Crippen LogP contribution >= 0.6 is 0 Å². The van der Waals surface area contributed by atoms with E-state index >= 15 is 0 Å². The van der Waals surface area contributed by atoms with Crippen LogP contribution in [0.5, 0.6) is 0 Å². The zero-order valence-corrected chi connectivity index (χ0v) is 16.3. The Labute approximate surface area is 153 Å². The number of hydrogen-bond acceptors (Lipinski definition) is 3. The van der Waals surface area contributed by atoms with Crippen LogP contribution in [0.2, 0.25) is 0 Å². The Morgan fingerprint density at radius 3 is 1.60 bits per heavy atom. The number of aromatic nitrogens is 2. The summed E-state index contributed by atoms with van der Waals surface area (Å²) in [6.45, 7) is 9.11. The van der Waals surface area contributed by atoms with Gasteiger partial charge >= 0.3 is 0 Å². The van der Waals surface area contributed by atoms with Gasteiger partial charge in [0.25, 0.3) is 0 Å². The summed E-state index contributed by atoms with van der Waals surface area (Å²) in [5.74, 6) is 3.30. The van der Waals surface area contributed by atoms with Crippen molar-refractivity contribution in [2.45, 2.75) is 66.2 Å². The fraction of sp³-hybridized carbons (Fsp3) is 0.545. The number of rotatable bonds is 10. The molecule has 0 aliphatic rings. The summed E-state index contributed by atoms with van der Waals surface area (Å²) >= 11 is 0. The lowest BCUT2D eigenvalue weighted by molar-refractivity contribution is 0.555. The predicted molar refractivity (Wildman–Crippen MR) is 107 cm³/mol. The van der Waals surface area contributed by atoms with Gasteiger partial charge in [-0.1, -0.05) is 40.5 Å². The summed E-state index contributed by atoms with van der Waals surface area (Å²) in [4.78, 5) is 8.88. The zero-order chi connectivity index (χ0) is 18.1. The summed E-state index contributed by atoms with van der Waals surface area (Å²) in [5.41, 5.74) is 2.68. The standard InChI is InChI=1S/C22H33N3/c1-17(2)7-5-9-19-11-13-23-21(15-19)25-22-16-20(12-14-24-22)10-6-8-18(3)4/h11-18H,5-10H2,1-4H3,(H,23,24,25). The van der Waals surface area contributed by atoms with Crippen molar-refractivity contribution in [2.75, 3.05) is 5.32 Å². The number of aryl methyl sites for hydroxylation is 2. The van der Waals surface area contributed by atoms with Crippen molar-refractivity contribution < 1.29 is 0 Å². The molecule has 25 heavy (non-hydrogen) atoms. The van der Waals surface area contributed by atoms with Crippen molar-refractivity contribution in [1.82, 2.24) is 9.97 Å². The molecule has 3 nitrogen and oxygen atoms in total. The molecule has 0 unspecified atom stereocenters. The molecule has 0 aliphatic heterocycles. The quantitative estimate of drug-likeness (QED) is 0.562. The van der Waals surface area contributed by atoms with E-state index in [9.17, 15) is 0 Å². The van der Waals surface area contributed by atoms with E-state index < -0.39 is 0 Å². The van der Waals surface area contributed by atoms with Gasteiger partial charge in [-0.2, -0.15) is 0 Å². The molecular formula is C22H33N3. The molecule has 1 N–H and O–H groups in total. The summed E-state index contributed by atoms with van der Waals surface area (Å²) < 4.78 is 0. The Balaban J connectivity index is 1.92. The van der Waals surface area contributed by atoms with Crippen molar-refractivity contribution in [3.05, 3.63) is 47.8 Å². The third-order valence-corrected chi connectivity index (χ3v) is 4.40. The summed E-state index contributed by atoms with van der Waals surface area (Å²) in [5, 5.41) is 3.36. The highest BCUT2D eigenvalue weighted by Crippen LogP contribution is 2.18. The Morgan fingerprint density at radius 2 is 1.20 bits per heavy atom. The van der Waals surface area contributed by atoms with Gasteiger partial charge in [-0.3, -0.25) is 0 Å². The number of nitrogens with zero attached hydrogens (tertiary/aromatic N) is 2. The number of anilines is 2. The molecule has 0 aromatic carbocycles. The average molecular weight is 340 g/mol. The van der Waals surface area contributed by atoms with Crippen LogP contribution in [-0.4, -0.2) is 9.97 Å². The molecule has 0 saturated carbocycles. The van der Waals surface area contributed by atoms with E-state index in [1.165, 1.54) is 36.8 Å². The molecule has 2 heterocycles. The van der Waals surface area contributed by atoms with E-state index in [-0.39, 0.29) is 0 Å². The largest absolute Gasteiger partial charge is 0.325 e. The van der Waals surface area contributed by atoms with Gasteiger partial charge in [-0.25, -0.2) is 9.97 Å². The molecule has 2 aromatic heterocycles. The highest BCUT2D eigenvalue weighted by atomic mass is 15.0. The van der Waals surface area contributed by atoms with Crippen molar-refractivity contribution in [2.24, 2.45) is 11.8 Å². The van der Waals surface area contributed by atoms with Gasteiger partial charge in [0.1, 0.15) is 11.6 Å². The van der Waals surface area contributed by atoms with Crippen LogP contribution in [0.4, 0.5) is 11.6 Å². The van der Waals surface area contributed by atoms with Crippen LogP contribution in [0.3, 0.4) is 0 Å². The Kier molecular flexibility index (Phi) is 7.90. The van der Waals surface area contributed by atoms with Gasteiger partial charge in [0.15, 0.2) is 0 Å². The van der Waals surface area contributed by atoms with E-state index in [0.29, 0.717) is 0 Å². The topological polar surface area (TPSA) is 37.8 Å². The Hall–Kier alpha value is -1.90. The maximum Gasteiger partial charge on any atom is 0.131 e. The van der Waals surface area contributed by atoms with Crippen molar-refractivity contribution in [1.29, 1.82) is 0 Å². The normalized spacial score (nSPS) is 11.3. The molecule has 3 heteroatoms. The average Bonchev–Trinajstić information content (AvgIpc) is 2.55. The van der Waals surface area contributed by atoms with Crippen LogP contribution in [-0.2, 0) is 12.8 Å². The fourth-order valence-corrected chi connectivity index (χ4v) is 2.96. The van der Waals surface area contributed by atoms with Crippen LogP contribution in [0, 0.1) is 11.8 Å². The molecule has 0 radical (unpaired) electrons. The molecule has 2 rings (SSSR count). The highest BCUT2D eigenvalue weighted by molar-refractivity contribution is 5.53. The maximum atomic E-state index is 4.44. The lowest BCUT2D eigenvalue weighted by atomic mass is 10.0. The monoisotopic (exact) mass is 339 g/mol. The van der Waals surface area contributed by atoms with Crippen LogP contribution in [0.1, 0.15) is 64.5 Å². The van der Waals surface area contributed by atoms with Crippen LogP contribution in [0.15, 0.2) is 36.7 Å². The van der Waals surface area contributed by atoms with E-state index in [1.807, 2.05) is 12.4 Å². The first-order valence-corrected chi connectivity index (χ1v) is 9.70. The zero-order valence-electron chi connectivity index (χ0n) is 16.3. The van der Waals surface area contributed by atoms with Gasteiger partial charge in [-0.05, 0) is 72.9 Å². The minimum absolute atomic E-state index is 0.766. The SMILES string of the molecule is CC(C)CCCc1ccnc(Nc2cc(CCCC(C)C)ccn2)c1. The first-order valence-electron chi connectivity index (χ1n) is 9.70. The van der Waals surface area contributed by atoms with Crippen molar-refractivity contribution >= 4 is 11.6 Å². The highest BCUT2D eigenvalue weighted by Gasteiger charge is 2.03. The fourth-order valence-electron chi connectivity index (χ4n) is 2.96. The third-order valence-electron chi connectivity index (χ3n) is 4.40. The number of hydrogen-bond donors (Lipinski definition) is 1. The molecule has 0 saturated heterocycles. The van der Waals surface area contributed by atoms with Crippen molar-refractivity contribution in [3.63, 3.8) is 0 Å². The van der Waals surface area contributed by atoms with E-state index in [2.05, 4.69) is 67.2 Å². The minimum atomic E-state index is 0.766. The lowest BCUT2D eigenvalue weighted by Gasteiger charge is -2.09. The van der Waals surface area contributed by atoms with Gasteiger partial charge in [0.05, 0.1) is 0 Å². The van der Waals surface area contributed by atoms with Gasteiger partial charge in [0.2, 0.25) is 0 Å². The second kappa shape index (κ2) is 10.2. The smallest absolute Gasteiger partial charge is 0.131 e. The minimum Gasteiger partial charge on any atom is -0.325 e. The first kappa shape index (κ1) is 19.4. The van der Waals surface area contributed by atoms with E-state index in [0.717, 1.165) is 36.3 Å². The molecule has 0 spiro atoms. The van der Waals surface area contributed by atoms with Gasteiger partial charge < -0.3 is 5.32 Å². The van der Waals surface area contributed by atoms with Crippen LogP contribution < -0.4 is 5.32 Å². The molecule has 0 bridgehead atoms. The summed E-state index contributed by atoms with van der Waals surface area (Å²) in [7, 11) is 0. The number of nitrogens with one attached hydrogen (secondary N) is 1. The predicted octanol–water partition coefficient (Wildman–Crippen LogP) is 6.18. The van der Waals surface area contributed by atoms with Crippen molar-refractivity contribution in [3.8, 4) is 0 Å². The summed E-state index contributed by atoms with van der Waals surface area (Å²) in [6, 6.07) is 8.52. The summed E-state index contributed by atoms with van der Waals surface area (Å²) in [6.07, 6.45) is 11.0. The molecule has 0 atom stereocenters. The van der Waals surface area contributed by atoms with Gasteiger partial charge in [0, 0.05) is 12.4 Å². The van der Waals surface area contributed by atoms with E-state index in [1.54, 1.807) is 0 Å². The molecular weight excluding hydrogens is 306 g/mol. The molecule has 0 fully saturated rings. The Morgan fingerprint density at radius 1 is 0.760 bits per heavy atom. The van der Waals surface area contributed by atoms with E-state index in [4.69, 9.17) is 0 Å². The molecule has 136 valence electrons. The second-order valence-corrected chi connectivity index (χ2v) is 7.80. The van der Waals surface area contributed by atoms with Crippen LogP contribution in [0.25, 0.3) is 0 Å². The molecule has 0 amide bonds. The molecule has 2 aromatic rings. The Bertz CT molecular complexity index is 579. The first-order chi connectivity index (χ1) is 12.0. The van der Waals surface area contributed by atoms with Gasteiger partial charge in [-0.15, -0.1) is 0 Å². The maximum absolute atomic E-state index is 4.44. The second-order valence-electron chi connectivity index (χ2n) is 7.80. The lowest BCUT2D eigenvalue weighted by Crippen LogP contribution is -1.99. The third kappa shape index (κ3) is 7.68. The number of pyridine rings is 2. The molecule has 0 aliphatic carbocycles.